The van der Waals surface area contributed by atoms with Crippen LogP contribution in [0.15, 0.2) is 61.2 Å². The van der Waals surface area contributed by atoms with Gasteiger partial charge in [0.15, 0.2) is 0 Å². The van der Waals surface area contributed by atoms with Gasteiger partial charge in [0.1, 0.15) is 5.75 Å². The molecule has 3 rings (SSSR count). The largest absolute Gasteiger partial charge is 0.494 e. The van der Waals surface area contributed by atoms with E-state index in [1.807, 2.05) is 0 Å². The maximum atomic E-state index is 11.0. The van der Waals surface area contributed by atoms with Gasteiger partial charge in [-0.1, -0.05) is 115 Å². The van der Waals surface area contributed by atoms with Crippen molar-refractivity contribution in [3.8, 4) is 22.9 Å². The molecule has 1 fully saturated rings. The highest BCUT2D eigenvalue weighted by Gasteiger charge is 2.36. The van der Waals surface area contributed by atoms with Crippen LogP contribution in [-0.4, -0.2) is 19.2 Å². The second-order valence-electron chi connectivity index (χ2n) is 12.7. The van der Waals surface area contributed by atoms with Gasteiger partial charge in [-0.2, -0.15) is 5.26 Å². The van der Waals surface area contributed by atoms with E-state index in [1.54, 1.807) is 0 Å². The number of unbranched alkanes of at least 4 members (excludes halogenated alkanes) is 8. The highest BCUT2D eigenvalue weighted by molar-refractivity contribution is 5.81. The smallest absolute Gasteiger partial charge is 0.330 e. The number of esters is 1. The standard InChI is InChI=1S/C38H53NO3/c1-4-37(40)42-27-13-11-9-7-5-6-8-10-12-25-38(30-39)26-14-15-35(29-38)34-18-16-32(17-19-34)33-20-22-36(23-21-33)41-28-24-31(2)3/h4,16-23,31,35H,1,5-15,24-29H2,2-3H3. The number of carbonyl (C=O) groups excluding carboxylic acids is 1. The number of carbonyl (C=O) groups is 1. The van der Waals surface area contributed by atoms with E-state index >= 15 is 0 Å². The molecular formula is C38H53NO3. The highest BCUT2D eigenvalue weighted by atomic mass is 16.5. The highest BCUT2D eigenvalue weighted by Crippen LogP contribution is 2.47. The molecule has 1 aliphatic rings. The van der Waals surface area contributed by atoms with E-state index in [2.05, 4.69) is 75.0 Å². The Morgan fingerprint density at radius 2 is 1.52 bits per heavy atom. The zero-order chi connectivity index (χ0) is 30.0. The van der Waals surface area contributed by atoms with Crippen LogP contribution >= 0.6 is 0 Å². The van der Waals surface area contributed by atoms with Crippen LogP contribution in [0.1, 0.15) is 122 Å². The molecule has 2 unspecified atom stereocenters. The van der Waals surface area contributed by atoms with E-state index < -0.39 is 0 Å². The SMILES string of the molecule is C=CC(=O)OCCCCCCCCCCCC1(C#N)CCCC(c2ccc(-c3ccc(OCCC(C)C)cc3)cc2)C1. The summed E-state index contributed by atoms with van der Waals surface area (Å²) >= 11 is 0. The van der Waals surface area contributed by atoms with E-state index in [0.717, 1.165) is 63.7 Å². The van der Waals surface area contributed by atoms with Gasteiger partial charge in [0.25, 0.3) is 0 Å². The Kier molecular flexibility index (Phi) is 14.7. The fourth-order valence-electron chi connectivity index (χ4n) is 6.17. The van der Waals surface area contributed by atoms with Crippen LogP contribution in [0.3, 0.4) is 0 Å². The molecule has 1 aliphatic carbocycles. The van der Waals surface area contributed by atoms with Crippen molar-refractivity contribution in [2.45, 2.75) is 116 Å². The second kappa shape index (κ2) is 18.5. The van der Waals surface area contributed by atoms with Gasteiger partial charge in [-0.3, -0.25) is 0 Å². The topological polar surface area (TPSA) is 59.3 Å². The molecule has 1 saturated carbocycles. The molecule has 2 aromatic carbocycles. The molecule has 2 atom stereocenters. The summed E-state index contributed by atoms with van der Waals surface area (Å²) in [5.74, 6) is 1.73. The molecule has 0 N–H and O–H groups in total. The molecule has 0 heterocycles. The number of nitriles is 1. The van der Waals surface area contributed by atoms with Crippen molar-refractivity contribution in [2.24, 2.45) is 11.3 Å². The van der Waals surface area contributed by atoms with Gasteiger partial charge >= 0.3 is 5.97 Å². The lowest BCUT2D eigenvalue weighted by molar-refractivity contribution is -0.137. The van der Waals surface area contributed by atoms with Gasteiger partial charge in [0.05, 0.1) is 24.7 Å². The molecule has 0 amide bonds. The van der Waals surface area contributed by atoms with Crippen molar-refractivity contribution in [3.63, 3.8) is 0 Å². The Morgan fingerprint density at radius 1 is 0.929 bits per heavy atom. The lowest BCUT2D eigenvalue weighted by Gasteiger charge is -2.36. The first kappa shape index (κ1) is 33.4. The van der Waals surface area contributed by atoms with Crippen LogP contribution in [0.2, 0.25) is 0 Å². The van der Waals surface area contributed by atoms with E-state index in [9.17, 15) is 10.1 Å². The van der Waals surface area contributed by atoms with Crippen molar-refractivity contribution in [1.82, 2.24) is 0 Å². The molecule has 4 nitrogen and oxygen atoms in total. The first-order chi connectivity index (χ1) is 20.4. The van der Waals surface area contributed by atoms with Crippen LogP contribution in [0.4, 0.5) is 0 Å². The first-order valence-electron chi connectivity index (χ1n) is 16.5. The monoisotopic (exact) mass is 571 g/mol. The van der Waals surface area contributed by atoms with Gasteiger partial charge in [-0.15, -0.1) is 0 Å². The van der Waals surface area contributed by atoms with Crippen LogP contribution in [-0.2, 0) is 9.53 Å². The van der Waals surface area contributed by atoms with Crippen molar-refractivity contribution in [3.05, 3.63) is 66.7 Å². The normalized spacial score (nSPS) is 18.4. The second-order valence-corrected chi connectivity index (χ2v) is 12.7. The summed E-state index contributed by atoms with van der Waals surface area (Å²) in [6.07, 6.45) is 18.4. The summed E-state index contributed by atoms with van der Waals surface area (Å²) < 4.78 is 10.9. The van der Waals surface area contributed by atoms with Gasteiger partial charge in [-0.25, -0.2) is 4.79 Å². The third-order valence-electron chi connectivity index (χ3n) is 8.83. The molecule has 228 valence electrons. The van der Waals surface area contributed by atoms with E-state index in [4.69, 9.17) is 9.47 Å². The average Bonchev–Trinajstić information content (AvgIpc) is 3.02. The minimum Gasteiger partial charge on any atom is -0.494 e. The van der Waals surface area contributed by atoms with Crippen molar-refractivity contribution >= 4 is 5.97 Å². The Balaban J connectivity index is 1.36. The van der Waals surface area contributed by atoms with E-state index in [-0.39, 0.29) is 11.4 Å². The Hall–Kier alpha value is -3.06. The van der Waals surface area contributed by atoms with Crippen LogP contribution in [0, 0.1) is 22.7 Å². The van der Waals surface area contributed by atoms with E-state index in [1.165, 1.54) is 67.7 Å². The quantitative estimate of drug-likeness (QED) is 0.0956. The fraction of sp³-hybridized carbons (Fsp3) is 0.579. The summed E-state index contributed by atoms with van der Waals surface area (Å²) in [5.41, 5.74) is 3.65. The number of hydrogen-bond acceptors (Lipinski definition) is 4. The van der Waals surface area contributed by atoms with Crippen LogP contribution < -0.4 is 4.74 Å². The molecule has 0 aliphatic heterocycles. The molecule has 42 heavy (non-hydrogen) atoms. The summed E-state index contributed by atoms with van der Waals surface area (Å²) in [7, 11) is 0. The predicted molar refractivity (Wildman–Crippen MR) is 173 cm³/mol. The number of rotatable bonds is 19. The molecule has 0 spiro atoms. The lowest BCUT2D eigenvalue weighted by Crippen LogP contribution is -2.26. The molecule has 2 aromatic rings. The predicted octanol–water partition coefficient (Wildman–Crippen LogP) is 10.6. The first-order valence-corrected chi connectivity index (χ1v) is 16.5. The number of ether oxygens (including phenoxy) is 2. The van der Waals surface area contributed by atoms with Crippen LogP contribution in [0.25, 0.3) is 11.1 Å². The lowest BCUT2D eigenvalue weighted by atomic mass is 9.66. The summed E-state index contributed by atoms with van der Waals surface area (Å²) in [4.78, 5) is 11.0. The van der Waals surface area contributed by atoms with Crippen molar-refractivity contribution in [1.29, 1.82) is 5.26 Å². The van der Waals surface area contributed by atoms with Crippen LogP contribution in [0.5, 0.6) is 5.75 Å². The molecule has 4 heteroatoms. The maximum Gasteiger partial charge on any atom is 0.330 e. The Morgan fingerprint density at radius 3 is 2.12 bits per heavy atom. The van der Waals surface area contributed by atoms with E-state index in [0.29, 0.717) is 18.4 Å². The van der Waals surface area contributed by atoms with Crippen molar-refractivity contribution in [2.75, 3.05) is 13.2 Å². The van der Waals surface area contributed by atoms with Gasteiger partial charge < -0.3 is 9.47 Å². The fourth-order valence-corrected chi connectivity index (χ4v) is 6.17. The van der Waals surface area contributed by atoms with Crippen molar-refractivity contribution < 1.29 is 14.3 Å². The van der Waals surface area contributed by atoms with Gasteiger partial charge in [0, 0.05) is 6.08 Å². The molecule has 0 bridgehead atoms. The Bertz CT molecular complexity index is 1100. The summed E-state index contributed by atoms with van der Waals surface area (Å²) in [6, 6.07) is 20.3. The minimum atomic E-state index is -0.327. The zero-order valence-electron chi connectivity index (χ0n) is 26.3. The third-order valence-corrected chi connectivity index (χ3v) is 8.83. The number of hydrogen-bond donors (Lipinski definition) is 0. The maximum absolute atomic E-state index is 11.0. The molecule has 0 aromatic heterocycles. The molecular weight excluding hydrogens is 518 g/mol. The molecule has 0 radical (unpaired) electrons. The van der Waals surface area contributed by atoms with Gasteiger partial charge in [0.2, 0.25) is 0 Å². The summed E-state index contributed by atoms with van der Waals surface area (Å²) in [5, 5.41) is 10.2. The number of benzene rings is 2. The third kappa shape index (κ3) is 11.7. The Labute approximate surface area is 255 Å². The minimum absolute atomic E-state index is 0.165. The average molecular weight is 572 g/mol. The number of nitrogens with zero attached hydrogens (tertiary/aromatic N) is 1. The summed E-state index contributed by atoms with van der Waals surface area (Å²) in [6.45, 7) is 9.11. The molecule has 0 saturated heterocycles. The zero-order valence-corrected chi connectivity index (χ0v) is 26.3. The van der Waals surface area contributed by atoms with Gasteiger partial charge in [-0.05, 0) is 79.2 Å².